The molecule has 0 radical (unpaired) electrons. The van der Waals surface area contributed by atoms with Crippen molar-refractivity contribution >= 4 is 17.3 Å². The fourth-order valence-corrected chi connectivity index (χ4v) is 2.20. The van der Waals surface area contributed by atoms with Crippen LogP contribution in [-0.2, 0) is 6.61 Å². The summed E-state index contributed by atoms with van der Waals surface area (Å²) in [5, 5.41) is 11.9. The van der Waals surface area contributed by atoms with Gasteiger partial charge < -0.3 is 9.84 Å². The SMILES string of the molecule is Cc1nc(COc2ccc(C(=O)O)c(C)c2)cs1. The molecule has 2 rings (SSSR count). The van der Waals surface area contributed by atoms with Gasteiger partial charge in [-0.1, -0.05) is 0 Å². The van der Waals surface area contributed by atoms with Crippen LogP contribution in [0.4, 0.5) is 0 Å². The van der Waals surface area contributed by atoms with Gasteiger partial charge in [0, 0.05) is 5.38 Å². The Kier molecular flexibility index (Phi) is 3.62. The van der Waals surface area contributed by atoms with E-state index < -0.39 is 5.97 Å². The van der Waals surface area contributed by atoms with Gasteiger partial charge in [0.05, 0.1) is 16.3 Å². The van der Waals surface area contributed by atoms with Crippen LogP contribution in [0.25, 0.3) is 0 Å². The first-order valence-electron chi connectivity index (χ1n) is 5.44. The lowest BCUT2D eigenvalue weighted by Gasteiger charge is -2.07. The molecule has 0 aliphatic heterocycles. The lowest BCUT2D eigenvalue weighted by molar-refractivity contribution is 0.0696. The van der Waals surface area contributed by atoms with E-state index in [-0.39, 0.29) is 0 Å². The number of aromatic carboxylic acids is 1. The molecular weight excluding hydrogens is 250 g/mol. The Morgan fingerprint density at radius 1 is 1.44 bits per heavy atom. The standard InChI is InChI=1S/C13H13NO3S/c1-8-5-11(3-4-12(8)13(15)16)17-6-10-7-18-9(2)14-10/h3-5,7H,6H2,1-2H3,(H,15,16). The highest BCUT2D eigenvalue weighted by Crippen LogP contribution is 2.19. The number of carboxylic acids is 1. The number of carbonyl (C=O) groups is 1. The molecule has 0 aliphatic rings. The van der Waals surface area contributed by atoms with Gasteiger partial charge in [-0.25, -0.2) is 9.78 Å². The summed E-state index contributed by atoms with van der Waals surface area (Å²) in [6.07, 6.45) is 0. The quantitative estimate of drug-likeness (QED) is 0.921. The summed E-state index contributed by atoms with van der Waals surface area (Å²) < 4.78 is 5.57. The minimum absolute atomic E-state index is 0.298. The molecule has 0 aliphatic carbocycles. The van der Waals surface area contributed by atoms with Crippen molar-refractivity contribution in [3.05, 3.63) is 45.4 Å². The number of aryl methyl sites for hydroxylation is 2. The summed E-state index contributed by atoms with van der Waals surface area (Å²) in [4.78, 5) is 15.2. The first-order valence-corrected chi connectivity index (χ1v) is 6.32. The second kappa shape index (κ2) is 5.18. The van der Waals surface area contributed by atoms with Gasteiger partial charge in [0.25, 0.3) is 0 Å². The second-order valence-corrected chi connectivity index (χ2v) is 4.99. The summed E-state index contributed by atoms with van der Waals surface area (Å²) in [7, 11) is 0. The highest BCUT2D eigenvalue weighted by Gasteiger charge is 2.08. The van der Waals surface area contributed by atoms with Crippen LogP contribution in [0.2, 0.25) is 0 Å². The Morgan fingerprint density at radius 3 is 2.78 bits per heavy atom. The van der Waals surface area contributed by atoms with Gasteiger partial charge >= 0.3 is 5.97 Å². The minimum atomic E-state index is -0.922. The van der Waals surface area contributed by atoms with Crippen molar-refractivity contribution in [2.45, 2.75) is 20.5 Å². The van der Waals surface area contributed by atoms with Crippen molar-refractivity contribution in [1.29, 1.82) is 0 Å². The third-order valence-corrected chi connectivity index (χ3v) is 3.30. The predicted octanol–water partition coefficient (Wildman–Crippen LogP) is 3.04. The van der Waals surface area contributed by atoms with Crippen LogP contribution in [0.1, 0.15) is 26.6 Å². The van der Waals surface area contributed by atoms with Crippen molar-refractivity contribution in [2.24, 2.45) is 0 Å². The number of ether oxygens (including phenoxy) is 1. The summed E-state index contributed by atoms with van der Waals surface area (Å²) in [5.74, 6) is -0.266. The molecular formula is C13H13NO3S. The predicted molar refractivity (Wildman–Crippen MR) is 69.3 cm³/mol. The molecule has 94 valence electrons. The van der Waals surface area contributed by atoms with Crippen molar-refractivity contribution in [2.75, 3.05) is 0 Å². The van der Waals surface area contributed by atoms with E-state index in [0.29, 0.717) is 23.5 Å². The van der Waals surface area contributed by atoms with Crippen molar-refractivity contribution < 1.29 is 14.6 Å². The van der Waals surface area contributed by atoms with E-state index in [9.17, 15) is 4.79 Å². The number of aromatic nitrogens is 1. The van der Waals surface area contributed by atoms with Crippen molar-refractivity contribution in [3.8, 4) is 5.75 Å². The van der Waals surface area contributed by atoms with E-state index in [4.69, 9.17) is 9.84 Å². The Bertz CT molecular complexity index is 577. The van der Waals surface area contributed by atoms with Crippen LogP contribution in [-0.4, -0.2) is 16.1 Å². The Morgan fingerprint density at radius 2 is 2.22 bits per heavy atom. The maximum Gasteiger partial charge on any atom is 0.335 e. The summed E-state index contributed by atoms with van der Waals surface area (Å²) in [6.45, 7) is 4.10. The molecule has 5 heteroatoms. The average molecular weight is 263 g/mol. The van der Waals surface area contributed by atoms with Gasteiger partial charge in [0.1, 0.15) is 12.4 Å². The number of hydrogen-bond acceptors (Lipinski definition) is 4. The summed E-state index contributed by atoms with van der Waals surface area (Å²) in [6, 6.07) is 4.94. The second-order valence-electron chi connectivity index (χ2n) is 3.93. The number of benzene rings is 1. The third-order valence-electron chi connectivity index (χ3n) is 2.48. The molecule has 0 saturated carbocycles. The van der Waals surface area contributed by atoms with Gasteiger partial charge in [0.2, 0.25) is 0 Å². The maximum atomic E-state index is 10.9. The van der Waals surface area contributed by atoms with Crippen LogP contribution in [0.3, 0.4) is 0 Å². The highest BCUT2D eigenvalue weighted by molar-refractivity contribution is 7.09. The van der Waals surface area contributed by atoms with E-state index in [2.05, 4.69) is 4.98 Å². The highest BCUT2D eigenvalue weighted by atomic mass is 32.1. The fraction of sp³-hybridized carbons (Fsp3) is 0.231. The number of hydrogen-bond donors (Lipinski definition) is 1. The van der Waals surface area contributed by atoms with Gasteiger partial charge in [-0.3, -0.25) is 0 Å². The van der Waals surface area contributed by atoms with Crippen molar-refractivity contribution in [3.63, 3.8) is 0 Å². The zero-order chi connectivity index (χ0) is 13.1. The van der Waals surface area contributed by atoms with Gasteiger partial charge in [-0.15, -0.1) is 11.3 Å². The molecule has 1 N–H and O–H groups in total. The van der Waals surface area contributed by atoms with E-state index in [0.717, 1.165) is 10.7 Å². The molecule has 0 fully saturated rings. The topological polar surface area (TPSA) is 59.4 Å². The molecule has 18 heavy (non-hydrogen) atoms. The maximum absolute atomic E-state index is 10.9. The first kappa shape index (κ1) is 12.6. The summed E-state index contributed by atoms with van der Waals surface area (Å²) >= 11 is 1.58. The number of nitrogens with zero attached hydrogens (tertiary/aromatic N) is 1. The van der Waals surface area contributed by atoms with Crippen LogP contribution in [0.15, 0.2) is 23.6 Å². The zero-order valence-corrected chi connectivity index (χ0v) is 11.0. The molecule has 2 aromatic rings. The Balaban J connectivity index is 2.06. The molecule has 0 amide bonds. The molecule has 1 aromatic carbocycles. The molecule has 1 aromatic heterocycles. The largest absolute Gasteiger partial charge is 0.487 e. The molecule has 0 spiro atoms. The zero-order valence-electron chi connectivity index (χ0n) is 10.1. The molecule has 0 unspecified atom stereocenters. The van der Waals surface area contributed by atoms with E-state index in [1.54, 1.807) is 36.5 Å². The van der Waals surface area contributed by atoms with Gasteiger partial charge in [-0.05, 0) is 37.6 Å². The number of rotatable bonds is 4. The Hall–Kier alpha value is -1.88. The van der Waals surface area contributed by atoms with Crippen molar-refractivity contribution in [1.82, 2.24) is 4.98 Å². The lowest BCUT2D eigenvalue weighted by Crippen LogP contribution is -2.01. The van der Waals surface area contributed by atoms with Gasteiger partial charge in [-0.2, -0.15) is 0 Å². The van der Waals surface area contributed by atoms with Crippen LogP contribution in [0, 0.1) is 13.8 Å². The molecule has 0 atom stereocenters. The molecule has 0 saturated heterocycles. The van der Waals surface area contributed by atoms with Gasteiger partial charge in [0.15, 0.2) is 0 Å². The smallest absolute Gasteiger partial charge is 0.335 e. The molecule has 0 bridgehead atoms. The molecule has 1 heterocycles. The normalized spacial score (nSPS) is 10.3. The van der Waals surface area contributed by atoms with Crippen LogP contribution >= 0.6 is 11.3 Å². The number of carboxylic acid groups (broad SMARTS) is 1. The summed E-state index contributed by atoms with van der Waals surface area (Å²) in [5.41, 5.74) is 1.87. The monoisotopic (exact) mass is 263 g/mol. The number of thiazole rings is 1. The first-order chi connectivity index (χ1) is 8.56. The molecule has 4 nitrogen and oxygen atoms in total. The van der Waals surface area contributed by atoms with E-state index in [1.165, 1.54) is 0 Å². The Labute approximate surface area is 109 Å². The lowest BCUT2D eigenvalue weighted by atomic mass is 10.1. The minimum Gasteiger partial charge on any atom is -0.487 e. The van der Waals surface area contributed by atoms with E-state index >= 15 is 0 Å². The average Bonchev–Trinajstić information content (AvgIpc) is 2.72. The van der Waals surface area contributed by atoms with Crippen LogP contribution in [0.5, 0.6) is 5.75 Å². The van der Waals surface area contributed by atoms with E-state index in [1.807, 2.05) is 12.3 Å². The third kappa shape index (κ3) is 2.87. The fourth-order valence-electron chi connectivity index (χ4n) is 1.60. The van der Waals surface area contributed by atoms with Crippen LogP contribution < -0.4 is 4.74 Å².